The highest BCUT2D eigenvalue weighted by Gasteiger charge is 2.26. The molecule has 2 aliphatic heterocycles. The molecule has 4 rings (SSSR count). The van der Waals surface area contributed by atoms with Crippen LogP contribution in [0.4, 0.5) is 0 Å². The third kappa shape index (κ3) is 4.28. The predicted octanol–water partition coefficient (Wildman–Crippen LogP) is 3.69. The zero-order valence-electron chi connectivity index (χ0n) is 16.4. The van der Waals surface area contributed by atoms with Crippen molar-refractivity contribution in [1.82, 2.24) is 10.2 Å². The normalized spacial score (nSPS) is 17.0. The van der Waals surface area contributed by atoms with Crippen LogP contribution in [0.2, 0.25) is 5.02 Å². The van der Waals surface area contributed by atoms with Gasteiger partial charge in [-0.15, -0.1) is 0 Å². The smallest absolute Gasteiger partial charge is 0.251 e. The quantitative estimate of drug-likeness (QED) is 0.778. The first-order valence-electron chi connectivity index (χ1n) is 9.91. The van der Waals surface area contributed by atoms with E-state index < -0.39 is 0 Å². The Bertz CT molecular complexity index is 866. The highest BCUT2D eigenvalue weighted by atomic mass is 35.5. The summed E-state index contributed by atoms with van der Waals surface area (Å²) in [5.41, 5.74) is 1.52. The maximum atomic E-state index is 12.9. The Hall–Kier alpha value is -2.44. The number of benzene rings is 2. The Morgan fingerprint density at radius 2 is 1.97 bits per heavy atom. The molecule has 1 atom stereocenters. The van der Waals surface area contributed by atoms with E-state index in [4.69, 9.17) is 25.8 Å². The molecule has 2 aliphatic rings. The minimum atomic E-state index is -0.184. The van der Waals surface area contributed by atoms with Gasteiger partial charge in [0.2, 0.25) is 5.75 Å². The molecule has 0 radical (unpaired) electrons. The number of nitrogens with zero attached hydrogens (tertiary/aromatic N) is 1. The number of rotatable bonds is 6. The summed E-state index contributed by atoms with van der Waals surface area (Å²) < 4.78 is 16.6. The molecule has 1 amide bonds. The van der Waals surface area contributed by atoms with Crippen LogP contribution in [0.15, 0.2) is 36.4 Å². The Morgan fingerprint density at radius 3 is 2.72 bits per heavy atom. The predicted molar refractivity (Wildman–Crippen MR) is 111 cm³/mol. The van der Waals surface area contributed by atoms with Crippen LogP contribution in [0.5, 0.6) is 17.2 Å². The van der Waals surface area contributed by atoms with Gasteiger partial charge < -0.3 is 19.5 Å². The van der Waals surface area contributed by atoms with Crippen LogP contribution in [-0.4, -0.2) is 50.8 Å². The molecule has 6 nitrogen and oxygen atoms in total. The minimum Gasteiger partial charge on any atom is -0.493 e. The van der Waals surface area contributed by atoms with Gasteiger partial charge in [-0.2, -0.15) is 0 Å². The lowest BCUT2D eigenvalue weighted by molar-refractivity contribution is 0.0936. The average molecular weight is 417 g/mol. The topological polar surface area (TPSA) is 60.0 Å². The van der Waals surface area contributed by atoms with Crippen molar-refractivity contribution in [3.63, 3.8) is 0 Å². The van der Waals surface area contributed by atoms with E-state index in [-0.39, 0.29) is 11.9 Å². The van der Waals surface area contributed by atoms with E-state index in [2.05, 4.69) is 10.2 Å². The van der Waals surface area contributed by atoms with E-state index in [1.54, 1.807) is 19.2 Å². The number of methoxy groups -OCH3 is 1. The van der Waals surface area contributed by atoms with E-state index >= 15 is 0 Å². The zero-order valence-corrected chi connectivity index (χ0v) is 17.2. The van der Waals surface area contributed by atoms with E-state index in [0.717, 1.165) is 36.5 Å². The molecule has 29 heavy (non-hydrogen) atoms. The van der Waals surface area contributed by atoms with Crippen LogP contribution < -0.4 is 19.5 Å². The molecule has 154 valence electrons. The van der Waals surface area contributed by atoms with Crippen LogP contribution in [0.3, 0.4) is 0 Å². The van der Waals surface area contributed by atoms with Crippen LogP contribution in [0.25, 0.3) is 0 Å². The summed E-state index contributed by atoms with van der Waals surface area (Å²) in [5.74, 6) is 1.38. The fourth-order valence-corrected chi connectivity index (χ4v) is 4.19. The molecule has 1 fully saturated rings. The Balaban J connectivity index is 1.53. The Morgan fingerprint density at radius 1 is 1.21 bits per heavy atom. The first-order valence-corrected chi connectivity index (χ1v) is 10.3. The molecule has 1 N–H and O–H groups in total. The van der Waals surface area contributed by atoms with Gasteiger partial charge in [0.15, 0.2) is 11.5 Å². The molecule has 0 unspecified atom stereocenters. The van der Waals surface area contributed by atoms with Crippen LogP contribution in [0, 0.1) is 0 Å². The second-order valence-corrected chi connectivity index (χ2v) is 7.60. The SMILES string of the molecule is COc1cc(C(=O)NC[C@H](c2ccccc2Cl)N2CCCC2)cc2c1OCCO2. The summed E-state index contributed by atoms with van der Waals surface area (Å²) in [6, 6.07) is 11.3. The van der Waals surface area contributed by atoms with Crippen molar-refractivity contribution in [3.8, 4) is 17.2 Å². The van der Waals surface area contributed by atoms with Crippen molar-refractivity contribution in [3.05, 3.63) is 52.5 Å². The number of hydrogen-bond acceptors (Lipinski definition) is 5. The summed E-state index contributed by atoms with van der Waals surface area (Å²) in [6.45, 7) is 3.39. The van der Waals surface area contributed by atoms with Crippen molar-refractivity contribution in [2.45, 2.75) is 18.9 Å². The summed E-state index contributed by atoms with van der Waals surface area (Å²) in [5, 5.41) is 3.79. The number of hydrogen-bond donors (Lipinski definition) is 1. The Kier molecular flexibility index (Phi) is 6.11. The van der Waals surface area contributed by atoms with Crippen molar-refractivity contribution >= 4 is 17.5 Å². The molecular weight excluding hydrogens is 392 g/mol. The van der Waals surface area contributed by atoms with Crippen molar-refractivity contribution in [2.75, 3.05) is 40.0 Å². The average Bonchev–Trinajstić information content (AvgIpc) is 3.28. The van der Waals surface area contributed by atoms with E-state index in [0.29, 0.717) is 42.6 Å². The van der Waals surface area contributed by atoms with Gasteiger partial charge in [0, 0.05) is 17.1 Å². The molecule has 0 bridgehead atoms. The number of halogens is 1. The lowest BCUT2D eigenvalue weighted by Gasteiger charge is -2.29. The molecular formula is C22H25ClN2O4. The summed E-state index contributed by atoms with van der Waals surface area (Å²) in [4.78, 5) is 15.3. The largest absolute Gasteiger partial charge is 0.493 e. The second-order valence-electron chi connectivity index (χ2n) is 7.19. The summed E-state index contributed by atoms with van der Waals surface area (Å²) >= 11 is 6.46. The molecule has 1 saturated heterocycles. The first-order chi connectivity index (χ1) is 14.2. The maximum Gasteiger partial charge on any atom is 0.251 e. The van der Waals surface area contributed by atoms with Gasteiger partial charge in [-0.3, -0.25) is 9.69 Å². The number of carbonyl (C=O) groups excluding carboxylic acids is 1. The van der Waals surface area contributed by atoms with Gasteiger partial charge in [0.05, 0.1) is 13.2 Å². The standard InChI is InChI=1S/C22H25ClN2O4/c1-27-19-12-15(13-20-21(19)29-11-10-28-20)22(26)24-14-18(25-8-4-5-9-25)16-6-2-3-7-17(16)23/h2-3,6-7,12-13,18H,4-5,8-11,14H2,1H3,(H,24,26)/t18-/m1/s1. The first kappa shape index (κ1) is 19.9. The van der Waals surface area contributed by atoms with E-state index in [9.17, 15) is 4.79 Å². The number of carbonyl (C=O) groups is 1. The van der Waals surface area contributed by atoms with Gasteiger partial charge in [-0.25, -0.2) is 0 Å². The molecule has 0 spiro atoms. The third-order valence-corrected chi connectivity index (χ3v) is 5.74. The lowest BCUT2D eigenvalue weighted by atomic mass is 10.0. The molecule has 2 aromatic carbocycles. The highest BCUT2D eigenvalue weighted by Crippen LogP contribution is 2.40. The maximum absolute atomic E-state index is 12.9. The Labute approximate surface area is 175 Å². The summed E-state index contributed by atoms with van der Waals surface area (Å²) in [7, 11) is 1.55. The van der Waals surface area contributed by atoms with E-state index in [1.165, 1.54) is 0 Å². The van der Waals surface area contributed by atoms with Crippen molar-refractivity contribution < 1.29 is 19.0 Å². The van der Waals surface area contributed by atoms with Crippen molar-refractivity contribution in [2.24, 2.45) is 0 Å². The van der Waals surface area contributed by atoms with Gasteiger partial charge in [-0.1, -0.05) is 29.8 Å². The fraction of sp³-hybridized carbons (Fsp3) is 0.409. The lowest BCUT2D eigenvalue weighted by Crippen LogP contribution is -2.37. The third-order valence-electron chi connectivity index (χ3n) is 5.39. The molecule has 2 heterocycles. The van der Waals surface area contributed by atoms with Gasteiger partial charge in [0.25, 0.3) is 5.91 Å². The zero-order chi connectivity index (χ0) is 20.2. The van der Waals surface area contributed by atoms with Crippen LogP contribution in [-0.2, 0) is 0 Å². The number of ether oxygens (including phenoxy) is 3. The highest BCUT2D eigenvalue weighted by molar-refractivity contribution is 6.31. The number of nitrogens with one attached hydrogen (secondary N) is 1. The minimum absolute atomic E-state index is 0.0363. The molecule has 2 aromatic rings. The summed E-state index contributed by atoms with van der Waals surface area (Å²) in [6.07, 6.45) is 2.32. The fourth-order valence-electron chi connectivity index (χ4n) is 3.93. The van der Waals surface area contributed by atoms with E-state index in [1.807, 2.05) is 24.3 Å². The molecule has 7 heteroatoms. The van der Waals surface area contributed by atoms with Gasteiger partial charge in [0.1, 0.15) is 13.2 Å². The molecule has 0 aromatic heterocycles. The van der Waals surface area contributed by atoms with Gasteiger partial charge in [-0.05, 0) is 49.7 Å². The molecule has 0 saturated carbocycles. The van der Waals surface area contributed by atoms with Crippen molar-refractivity contribution in [1.29, 1.82) is 0 Å². The number of amides is 1. The number of fused-ring (bicyclic) bond motifs is 1. The monoisotopic (exact) mass is 416 g/mol. The second kappa shape index (κ2) is 8.93. The van der Waals surface area contributed by atoms with Gasteiger partial charge >= 0.3 is 0 Å². The van der Waals surface area contributed by atoms with Crippen LogP contribution >= 0.6 is 11.6 Å². The number of likely N-dealkylation sites (tertiary alicyclic amines) is 1. The molecule has 0 aliphatic carbocycles. The van der Waals surface area contributed by atoms with Crippen LogP contribution in [0.1, 0.15) is 34.8 Å².